The van der Waals surface area contributed by atoms with Crippen LogP contribution in [-0.4, -0.2) is 29.5 Å². The summed E-state index contributed by atoms with van der Waals surface area (Å²) in [6.07, 6.45) is 5.48. The Morgan fingerprint density at radius 3 is 2.69 bits per heavy atom. The van der Waals surface area contributed by atoms with Crippen molar-refractivity contribution in [2.75, 3.05) is 5.73 Å². The van der Waals surface area contributed by atoms with Gasteiger partial charge < -0.3 is 5.73 Å². The first-order valence-electron chi connectivity index (χ1n) is 10.3. The van der Waals surface area contributed by atoms with Crippen molar-refractivity contribution in [3.8, 4) is 28.6 Å². The summed E-state index contributed by atoms with van der Waals surface area (Å²) < 4.78 is 3.72. The number of aryl methyl sites for hydroxylation is 1. The fourth-order valence-corrected chi connectivity index (χ4v) is 3.93. The third kappa shape index (κ3) is 3.26. The van der Waals surface area contributed by atoms with E-state index in [-0.39, 0.29) is 0 Å². The van der Waals surface area contributed by atoms with Crippen LogP contribution in [0, 0.1) is 11.3 Å². The molecule has 4 aromatic heterocycles. The highest BCUT2D eigenvalue weighted by Crippen LogP contribution is 2.39. The maximum Gasteiger partial charge on any atom is 0.152 e. The first-order chi connectivity index (χ1) is 15.7. The Morgan fingerprint density at radius 1 is 1.06 bits per heavy atom. The van der Waals surface area contributed by atoms with Gasteiger partial charge in [0.1, 0.15) is 5.52 Å². The van der Waals surface area contributed by atoms with Gasteiger partial charge in [-0.3, -0.25) is 14.3 Å². The minimum Gasteiger partial charge on any atom is -0.382 e. The lowest BCUT2D eigenvalue weighted by molar-refractivity contribution is 0.667. The molecule has 156 valence electrons. The van der Waals surface area contributed by atoms with Crippen LogP contribution in [0.3, 0.4) is 0 Å². The van der Waals surface area contributed by atoms with Gasteiger partial charge in [0.2, 0.25) is 0 Å². The van der Waals surface area contributed by atoms with Crippen molar-refractivity contribution in [2.45, 2.75) is 20.0 Å². The Bertz CT molecular complexity index is 1460. The molecule has 32 heavy (non-hydrogen) atoms. The number of hydrogen-bond acceptors (Lipinski definition) is 6. The molecular formula is C24H20N8. The third-order valence-electron chi connectivity index (χ3n) is 5.37. The molecule has 0 saturated heterocycles. The highest BCUT2D eigenvalue weighted by molar-refractivity contribution is 6.04. The van der Waals surface area contributed by atoms with E-state index in [0.29, 0.717) is 35.7 Å². The van der Waals surface area contributed by atoms with Crippen molar-refractivity contribution in [2.24, 2.45) is 0 Å². The zero-order chi connectivity index (χ0) is 22.1. The topological polar surface area (TPSA) is 111 Å². The summed E-state index contributed by atoms with van der Waals surface area (Å²) in [5.41, 5.74) is 11.5. The van der Waals surface area contributed by atoms with Crippen molar-refractivity contribution in [1.82, 2.24) is 29.5 Å². The average molecular weight is 420 g/mol. The van der Waals surface area contributed by atoms with Crippen LogP contribution in [0.4, 0.5) is 5.82 Å². The monoisotopic (exact) mass is 420 g/mol. The molecule has 5 aromatic rings. The van der Waals surface area contributed by atoms with Crippen LogP contribution in [0.5, 0.6) is 0 Å². The van der Waals surface area contributed by atoms with Gasteiger partial charge in [-0.05, 0) is 31.2 Å². The van der Waals surface area contributed by atoms with Crippen LogP contribution in [0.15, 0.2) is 67.1 Å². The summed E-state index contributed by atoms with van der Waals surface area (Å²) in [6.45, 7) is 3.23. The van der Waals surface area contributed by atoms with E-state index in [0.717, 1.165) is 27.9 Å². The zero-order valence-electron chi connectivity index (χ0n) is 17.5. The first-order valence-corrected chi connectivity index (χ1v) is 10.3. The third-order valence-corrected chi connectivity index (χ3v) is 5.37. The second-order valence-electron chi connectivity index (χ2n) is 7.32. The van der Waals surface area contributed by atoms with Crippen LogP contribution in [-0.2, 0) is 13.1 Å². The summed E-state index contributed by atoms with van der Waals surface area (Å²) in [4.78, 5) is 9.12. The number of hydrogen-bond donors (Lipinski definition) is 1. The number of fused-ring (bicyclic) bond motifs is 1. The highest BCUT2D eigenvalue weighted by atomic mass is 15.3. The van der Waals surface area contributed by atoms with Gasteiger partial charge in [0, 0.05) is 41.6 Å². The molecule has 1 aromatic carbocycles. The van der Waals surface area contributed by atoms with Crippen LogP contribution >= 0.6 is 0 Å². The fourth-order valence-electron chi connectivity index (χ4n) is 3.93. The molecular weight excluding hydrogens is 400 g/mol. The Kier molecular flexibility index (Phi) is 4.84. The Hall–Kier alpha value is -4.51. The quantitative estimate of drug-likeness (QED) is 0.462. The lowest BCUT2D eigenvalue weighted by atomic mass is 9.96. The number of nitrogens with zero attached hydrogens (tertiary/aromatic N) is 7. The van der Waals surface area contributed by atoms with E-state index in [2.05, 4.69) is 16.2 Å². The van der Waals surface area contributed by atoms with E-state index in [1.807, 2.05) is 64.9 Å². The number of nitrogens with two attached hydrogens (primary N) is 1. The molecule has 4 heterocycles. The molecule has 0 saturated carbocycles. The molecule has 0 unspecified atom stereocenters. The molecule has 2 N–H and O–H groups in total. The van der Waals surface area contributed by atoms with Gasteiger partial charge in [0.15, 0.2) is 5.82 Å². The first kappa shape index (κ1) is 19.5. The number of nitriles is 1. The molecule has 0 amide bonds. The predicted octanol–water partition coefficient (Wildman–Crippen LogP) is 3.88. The fraction of sp³-hybridized carbons (Fsp3) is 0.125. The molecule has 0 aliphatic carbocycles. The molecule has 8 heteroatoms. The lowest BCUT2D eigenvalue weighted by Gasteiger charge is -2.14. The van der Waals surface area contributed by atoms with E-state index in [4.69, 9.17) is 15.8 Å². The standard InChI is InChI=1S/C24H20N8/c1-2-32-20(10-12-28-32)21-19-15-31(14-17-8-5-6-11-27-17)30-23(19)24(26)29-22(21)18-9-4-3-7-16(18)13-25/h3-12,15H,2,14H2,1H3,(H2,26,29). The van der Waals surface area contributed by atoms with Gasteiger partial charge >= 0.3 is 0 Å². The van der Waals surface area contributed by atoms with Crippen LogP contribution in [0.2, 0.25) is 0 Å². The smallest absolute Gasteiger partial charge is 0.152 e. The number of aromatic nitrogens is 6. The lowest BCUT2D eigenvalue weighted by Crippen LogP contribution is -2.04. The van der Waals surface area contributed by atoms with Crippen molar-refractivity contribution >= 4 is 16.7 Å². The molecule has 0 aliphatic rings. The van der Waals surface area contributed by atoms with Crippen molar-refractivity contribution in [3.63, 3.8) is 0 Å². The molecule has 0 aliphatic heterocycles. The maximum absolute atomic E-state index is 9.70. The average Bonchev–Trinajstić information content (AvgIpc) is 3.47. The largest absolute Gasteiger partial charge is 0.382 e. The van der Waals surface area contributed by atoms with Gasteiger partial charge in [-0.15, -0.1) is 0 Å². The normalized spacial score (nSPS) is 11.0. The molecule has 5 rings (SSSR count). The van der Waals surface area contributed by atoms with E-state index >= 15 is 0 Å². The van der Waals surface area contributed by atoms with Crippen LogP contribution in [0.1, 0.15) is 18.2 Å². The van der Waals surface area contributed by atoms with Crippen molar-refractivity contribution < 1.29 is 0 Å². The molecule has 0 bridgehead atoms. The van der Waals surface area contributed by atoms with Gasteiger partial charge in [0.25, 0.3) is 0 Å². The Labute approximate surface area is 184 Å². The van der Waals surface area contributed by atoms with Crippen molar-refractivity contribution in [1.29, 1.82) is 5.26 Å². The van der Waals surface area contributed by atoms with Gasteiger partial charge in [-0.25, -0.2) is 4.98 Å². The zero-order valence-corrected chi connectivity index (χ0v) is 17.5. The summed E-state index contributed by atoms with van der Waals surface area (Å²) >= 11 is 0. The van der Waals surface area contributed by atoms with Crippen molar-refractivity contribution in [3.05, 3.63) is 78.4 Å². The summed E-state index contributed by atoms with van der Waals surface area (Å²) in [7, 11) is 0. The van der Waals surface area contributed by atoms with Crippen LogP contribution in [0.25, 0.3) is 33.4 Å². The van der Waals surface area contributed by atoms with Gasteiger partial charge in [0.05, 0.1) is 35.3 Å². The molecule has 0 radical (unpaired) electrons. The highest BCUT2D eigenvalue weighted by Gasteiger charge is 2.22. The van der Waals surface area contributed by atoms with E-state index in [1.165, 1.54) is 0 Å². The second-order valence-corrected chi connectivity index (χ2v) is 7.32. The number of anilines is 1. The summed E-state index contributed by atoms with van der Waals surface area (Å²) in [5, 5.41) is 19.7. The number of rotatable bonds is 5. The SMILES string of the molecule is CCn1nccc1-c1c(-c2ccccc2C#N)nc(N)c2nn(Cc3ccccn3)cc12. The molecule has 0 atom stereocenters. The molecule has 0 fully saturated rings. The number of pyridine rings is 2. The van der Waals surface area contributed by atoms with E-state index in [1.54, 1.807) is 18.5 Å². The Balaban J connectivity index is 1.80. The number of benzene rings is 1. The number of nitrogen functional groups attached to an aromatic ring is 1. The maximum atomic E-state index is 9.70. The molecule has 8 nitrogen and oxygen atoms in total. The second kappa shape index (κ2) is 7.96. The van der Waals surface area contributed by atoms with Crippen LogP contribution < -0.4 is 5.73 Å². The van der Waals surface area contributed by atoms with Gasteiger partial charge in [-0.2, -0.15) is 15.5 Å². The van der Waals surface area contributed by atoms with Gasteiger partial charge in [-0.1, -0.05) is 24.3 Å². The summed E-state index contributed by atoms with van der Waals surface area (Å²) in [5.74, 6) is 0.314. The minimum atomic E-state index is 0.314. The summed E-state index contributed by atoms with van der Waals surface area (Å²) in [6, 6.07) is 17.4. The molecule has 0 spiro atoms. The minimum absolute atomic E-state index is 0.314. The van der Waals surface area contributed by atoms with E-state index < -0.39 is 0 Å². The predicted molar refractivity (Wildman–Crippen MR) is 122 cm³/mol. The van der Waals surface area contributed by atoms with E-state index in [9.17, 15) is 5.26 Å². The Morgan fingerprint density at radius 2 is 1.91 bits per heavy atom.